The third-order valence-electron chi connectivity index (χ3n) is 2.00. The predicted octanol–water partition coefficient (Wildman–Crippen LogP) is 0.619. The molecular formula is C11H20N2O4. The lowest BCUT2D eigenvalue weighted by Crippen LogP contribution is -2.31. The van der Waals surface area contributed by atoms with Gasteiger partial charge in [-0.1, -0.05) is 0 Å². The van der Waals surface area contributed by atoms with E-state index in [2.05, 4.69) is 5.32 Å². The summed E-state index contributed by atoms with van der Waals surface area (Å²) >= 11 is 0. The first kappa shape index (κ1) is 15.4. The Morgan fingerprint density at radius 3 is 2.18 bits per heavy atom. The Hall–Kier alpha value is -1.59. The molecule has 0 heterocycles. The molecule has 0 atom stereocenters. The van der Waals surface area contributed by atoms with E-state index in [4.69, 9.17) is 4.84 Å². The fourth-order valence-electron chi connectivity index (χ4n) is 1.24. The van der Waals surface area contributed by atoms with Crippen LogP contribution < -0.4 is 5.32 Å². The molecule has 0 aromatic heterocycles. The van der Waals surface area contributed by atoms with Gasteiger partial charge in [-0.2, -0.15) is 5.06 Å². The van der Waals surface area contributed by atoms with Crippen LogP contribution in [0.3, 0.4) is 0 Å². The molecule has 0 aliphatic heterocycles. The Balaban J connectivity index is 3.65. The number of hydrogen-bond acceptors (Lipinski definition) is 4. The summed E-state index contributed by atoms with van der Waals surface area (Å²) in [6.45, 7) is 5.09. The Bertz CT molecular complexity index is 279. The van der Waals surface area contributed by atoms with Crippen molar-refractivity contribution in [2.45, 2.75) is 40.0 Å². The van der Waals surface area contributed by atoms with Crippen molar-refractivity contribution in [3.05, 3.63) is 0 Å². The van der Waals surface area contributed by atoms with E-state index in [0.29, 0.717) is 13.1 Å². The minimum Gasteiger partial charge on any atom is -0.356 e. The van der Waals surface area contributed by atoms with E-state index in [1.165, 1.54) is 20.8 Å². The van der Waals surface area contributed by atoms with Gasteiger partial charge in [0.1, 0.15) is 0 Å². The maximum absolute atomic E-state index is 11.1. The van der Waals surface area contributed by atoms with Crippen LogP contribution in [0.4, 0.5) is 0 Å². The Morgan fingerprint density at radius 2 is 1.71 bits per heavy atom. The van der Waals surface area contributed by atoms with Crippen LogP contribution >= 0.6 is 0 Å². The van der Waals surface area contributed by atoms with Crippen molar-refractivity contribution in [1.82, 2.24) is 10.4 Å². The van der Waals surface area contributed by atoms with Gasteiger partial charge in [-0.25, -0.2) is 0 Å². The molecule has 0 spiro atoms. The highest BCUT2D eigenvalue weighted by atomic mass is 16.7. The average molecular weight is 244 g/mol. The minimum atomic E-state index is -0.501. The van der Waals surface area contributed by atoms with E-state index >= 15 is 0 Å². The third-order valence-corrected chi connectivity index (χ3v) is 2.00. The smallest absolute Gasteiger partial charge is 0.329 e. The number of hydrogen-bond donors (Lipinski definition) is 1. The highest BCUT2D eigenvalue weighted by molar-refractivity contribution is 5.75. The molecule has 1 N–H and O–H groups in total. The van der Waals surface area contributed by atoms with Gasteiger partial charge in [0.15, 0.2) is 0 Å². The molecule has 0 fully saturated rings. The first-order chi connectivity index (χ1) is 7.93. The number of unbranched alkanes of at least 4 members (excludes halogenated alkanes) is 2. The second kappa shape index (κ2) is 8.55. The van der Waals surface area contributed by atoms with E-state index in [-0.39, 0.29) is 11.8 Å². The van der Waals surface area contributed by atoms with E-state index in [1.807, 2.05) is 0 Å². The molecule has 0 aliphatic rings. The molecule has 0 aliphatic carbocycles. The maximum Gasteiger partial charge on any atom is 0.329 e. The van der Waals surface area contributed by atoms with Crippen molar-refractivity contribution in [2.75, 3.05) is 13.1 Å². The number of hydroxylamine groups is 2. The number of carbonyl (C=O) groups is 3. The highest BCUT2D eigenvalue weighted by Gasteiger charge is 2.11. The van der Waals surface area contributed by atoms with Crippen LogP contribution in [-0.2, 0) is 19.2 Å². The van der Waals surface area contributed by atoms with Crippen molar-refractivity contribution < 1.29 is 19.2 Å². The first-order valence-electron chi connectivity index (χ1n) is 5.64. The summed E-state index contributed by atoms with van der Waals surface area (Å²) in [5.74, 6) is -0.837. The summed E-state index contributed by atoms with van der Waals surface area (Å²) in [7, 11) is 0. The number of nitrogens with one attached hydrogen (secondary N) is 1. The van der Waals surface area contributed by atoms with Gasteiger partial charge in [0.2, 0.25) is 5.91 Å². The third kappa shape index (κ3) is 9.35. The fourth-order valence-corrected chi connectivity index (χ4v) is 1.24. The van der Waals surface area contributed by atoms with Gasteiger partial charge in [-0.15, -0.1) is 0 Å². The monoisotopic (exact) mass is 244 g/mol. The van der Waals surface area contributed by atoms with Crippen LogP contribution in [0.15, 0.2) is 0 Å². The lowest BCUT2D eigenvalue weighted by Gasteiger charge is -2.18. The lowest BCUT2D eigenvalue weighted by atomic mass is 10.2. The molecule has 0 aromatic carbocycles. The van der Waals surface area contributed by atoms with Crippen molar-refractivity contribution in [3.8, 4) is 0 Å². The summed E-state index contributed by atoms with van der Waals surface area (Å²) in [6.07, 6.45) is 2.42. The van der Waals surface area contributed by atoms with Gasteiger partial charge in [-0.05, 0) is 19.3 Å². The second-order valence-electron chi connectivity index (χ2n) is 3.75. The largest absolute Gasteiger partial charge is 0.356 e. The van der Waals surface area contributed by atoms with Crippen LogP contribution in [0.1, 0.15) is 40.0 Å². The normalized spacial score (nSPS) is 9.59. The summed E-state index contributed by atoms with van der Waals surface area (Å²) in [5.41, 5.74) is 0. The molecule has 0 saturated carbocycles. The molecular weight excluding hydrogens is 224 g/mol. The van der Waals surface area contributed by atoms with Crippen molar-refractivity contribution in [3.63, 3.8) is 0 Å². The Labute approximate surface area is 101 Å². The zero-order chi connectivity index (χ0) is 13.3. The summed E-state index contributed by atoms with van der Waals surface area (Å²) < 4.78 is 0. The SMILES string of the molecule is CC(=O)NCCCCCN(OC(C)=O)C(C)=O. The van der Waals surface area contributed by atoms with Gasteiger partial charge < -0.3 is 10.2 Å². The number of carbonyl (C=O) groups excluding carboxylic acids is 3. The van der Waals surface area contributed by atoms with Crippen LogP contribution in [0.5, 0.6) is 0 Å². The van der Waals surface area contributed by atoms with Gasteiger partial charge in [0, 0.05) is 27.3 Å². The minimum absolute atomic E-state index is 0.0460. The zero-order valence-corrected chi connectivity index (χ0v) is 10.6. The predicted molar refractivity (Wildman–Crippen MR) is 61.7 cm³/mol. The Morgan fingerprint density at radius 1 is 1.06 bits per heavy atom. The molecule has 0 aromatic rings. The van der Waals surface area contributed by atoms with E-state index in [9.17, 15) is 14.4 Å². The molecule has 0 saturated heterocycles. The lowest BCUT2D eigenvalue weighted by molar-refractivity contribution is -0.195. The highest BCUT2D eigenvalue weighted by Crippen LogP contribution is 2.00. The summed E-state index contributed by atoms with van der Waals surface area (Å²) in [5, 5.41) is 3.74. The van der Waals surface area contributed by atoms with Crippen molar-refractivity contribution >= 4 is 17.8 Å². The molecule has 0 rings (SSSR count). The van der Waals surface area contributed by atoms with E-state index in [0.717, 1.165) is 24.3 Å². The molecule has 98 valence electrons. The molecule has 0 radical (unpaired) electrons. The maximum atomic E-state index is 11.1. The molecule has 2 amide bonds. The molecule has 0 unspecified atom stereocenters. The van der Waals surface area contributed by atoms with Crippen LogP contribution in [0.25, 0.3) is 0 Å². The quantitative estimate of drug-likeness (QED) is 0.549. The van der Waals surface area contributed by atoms with Crippen LogP contribution in [0.2, 0.25) is 0 Å². The first-order valence-corrected chi connectivity index (χ1v) is 5.64. The Kier molecular flexibility index (Phi) is 7.75. The summed E-state index contributed by atoms with van der Waals surface area (Å²) in [4.78, 5) is 37.1. The van der Waals surface area contributed by atoms with E-state index in [1.54, 1.807) is 0 Å². The molecule has 6 heteroatoms. The van der Waals surface area contributed by atoms with Gasteiger partial charge in [0.05, 0.1) is 6.54 Å². The summed E-state index contributed by atoms with van der Waals surface area (Å²) in [6, 6.07) is 0. The van der Waals surface area contributed by atoms with Crippen LogP contribution in [0, 0.1) is 0 Å². The van der Waals surface area contributed by atoms with Gasteiger partial charge in [-0.3, -0.25) is 14.4 Å². The van der Waals surface area contributed by atoms with Gasteiger partial charge in [0.25, 0.3) is 5.91 Å². The van der Waals surface area contributed by atoms with Crippen molar-refractivity contribution in [2.24, 2.45) is 0 Å². The fraction of sp³-hybridized carbons (Fsp3) is 0.727. The van der Waals surface area contributed by atoms with E-state index < -0.39 is 5.97 Å². The van der Waals surface area contributed by atoms with Crippen molar-refractivity contribution in [1.29, 1.82) is 0 Å². The molecule has 0 bridgehead atoms. The topological polar surface area (TPSA) is 75.7 Å². The standard InChI is InChI=1S/C11H20N2O4/c1-9(14)12-7-5-4-6-8-13(10(2)15)17-11(3)16/h4-8H2,1-3H3,(H,12,14). The second-order valence-corrected chi connectivity index (χ2v) is 3.75. The molecule has 6 nitrogen and oxygen atoms in total. The number of rotatable bonds is 6. The molecule has 17 heavy (non-hydrogen) atoms. The average Bonchev–Trinajstić information content (AvgIpc) is 2.20. The van der Waals surface area contributed by atoms with Crippen LogP contribution in [-0.4, -0.2) is 35.9 Å². The number of nitrogens with zero attached hydrogens (tertiary/aromatic N) is 1. The zero-order valence-electron chi connectivity index (χ0n) is 10.6. The van der Waals surface area contributed by atoms with Gasteiger partial charge >= 0.3 is 5.97 Å². The number of amides is 2.